The van der Waals surface area contributed by atoms with Gasteiger partial charge in [-0.15, -0.1) is 0 Å². The second kappa shape index (κ2) is 5.25. The lowest BCUT2D eigenvalue weighted by atomic mass is 9.75. The van der Waals surface area contributed by atoms with Crippen molar-refractivity contribution in [3.8, 4) is 0 Å². The van der Waals surface area contributed by atoms with E-state index in [0.29, 0.717) is 12.5 Å². The van der Waals surface area contributed by atoms with Crippen LogP contribution in [0.4, 0.5) is 0 Å². The van der Waals surface area contributed by atoms with E-state index in [0.717, 1.165) is 26.0 Å². The molecule has 0 aromatic heterocycles. The first kappa shape index (κ1) is 13.3. The maximum atomic E-state index is 10.6. The van der Waals surface area contributed by atoms with Gasteiger partial charge < -0.3 is 15.2 Å². The molecule has 2 unspecified atom stereocenters. The van der Waals surface area contributed by atoms with Crippen molar-refractivity contribution in [1.29, 1.82) is 0 Å². The van der Waals surface area contributed by atoms with Crippen molar-refractivity contribution in [3.05, 3.63) is 0 Å². The second-order valence-corrected chi connectivity index (χ2v) is 6.07. The summed E-state index contributed by atoms with van der Waals surface area (Å²) in [5.74, 6) is 0.383. The second-order valence-electron chi connectivity index (χ2n) is 6.07. The first-order valence-corrected chi connectivity index (χ1v) is 7.15. The fraction of sp³-hybridized carbons (Fsp3) is 1.00. The zero-order chi connectivity index (χ0) is 12.4. The molecule has 0 amide bonds. The number of ether oxygens (including phenoxy) is 1. The predicted molar refractivity (Wildman–Crippen MR) is 69.0 cm³/mol. The Kier molecular flexibility index (Phi) is 4.11. The van der Waals surface area contributed by atoms with E-state index in [-0.39, 0.29) is 5.60 Å². The molecule has 2 aliphatic rings. The molecule has 0 radical (unpaired) electrons. The van der Waals surface area contributed by atoms with E-state index >= 15 is 0 Å². The molecule has 2 N–H and O–H groups in total. The van der Waals surface area contributed by atoms with Crippen LogP contribution in [-0.2, 0) is 4.74 Å². The summed E-state index contributed by atoms with van der Waals surface area (Å²) in [6, 6.07) is 0. The summed E-state index contributed by atoms with van der Waals surface area (Å²) in [6.45, 7) is 6.51. The quantitative estimate of drug-likeness (QED) is 0.792. The fourth-order valence-electron chi connectivity index (χ4n) is 3.45. The summed E-state index contributed by atoms with van der Waals surface area (Å²) in [5, 5.41) is 13.9. The van der Waals surface area contributed by atoms with Gasteiger partial charge in [-0.25, -0.2) is 0 Å². The lowest BCUT2D eigenvalue weighted by Crippen LogP contribution is -2.50. The van der Waals surface area contributed by atoms with Crippen LogP contribution >= 0.6 is 0 Å². The molecule has 1 saturated carbocycles. The Hall–Kier alpha value is -0.120. The molecule has 2 atom stereocenters. The van der Waals surface area contributed by atoms with E-state index < -0.39 is 5.60 Å². The van der Waals surface area contributed by atoms with Gasteiger partial charge in [0.25, 0.3) is 0 Å². The predicted octanol–water partition coefficient (Wildman–Crippen LogP) is 2.09. The Morgan fingerprint density at radius 1 is 1.41 bits per heavy atom. The molecule has 1 aliphatic heterocycles. The van der Waals surface area contributed by atoms with Gasteiger partial charge in [-0.1, -0.05) is 19.8 Å². The first-order chi connectivity index (χ1) is 8.08. The van der Waals surface area contributed by atoms with Crippen molar-refractivity contribution < 1.29 is 9.84 Å². The zero-order valence-corrected chi connectivity index (χ0v) is 11.3. The van der Waals surface area contributed by atoms with Gasteiger partial charge in [-0.3, -0.25) is 0 Å². The first-order valence-electron chi connectivity index (χ1n) is 7.15. The third-order valence-electron chi connectivity index (χ3n) is 4.62. The van der Waals surface area contributed by atoms with Crippen molar-refractivity contribution in [1.82, 2.24) is 5.32 Å². The van der Waals surface area contributed by atoms with Crippen LogP contribution in [0.3, 0.4) is 0 Å². The molecule has 100 valence electrons. The Labute approximate surface area is 105 Å². The molecule has 1 saturated heterocycles. The number of aliphatic hydroxyl groups is 1. The van der Waals surface area contributed by atoms with Crippen LogP contribution in [0.15, 0.2) is 0 Å². The summed E-state index contributed by atoms with van der Waals surface area (Å²) < 4.78 is 6.02. The van der Waals surface area contributed by atoms with Crippen molar-refractivity contribution in [3.63, 3.8) is 0 Å². The smallest absolute Gasteiger partial charge is 0.0773 e. The molecule has 1 spiro atoms. The third-order valence-corrected chi connectivity index (χ3v) is 4.62. The van der Waals surface area contributed by atoms with E-state index in [1.54, 1.807) is 0 Å². The van der Waals surface area contributed by atoms with Gasteiger partial charge in [-0.2, -0.15) is 0 Å². The maximum absolute atomic E-state index is 10.6. The fourth-order valence-corrected chi connectivity index (χ4v) is 3.45. The van der Waals surface area contributed by atoms with Crippen molar-refractivity contribution >= 4 is 0 Å². The average molecular weight is 241 g/mol. The Morgan fingerprint density at radius 3 is 2.76 bits per heavy atom. The number of rotatable bonds is 4. The molecular formula is C14H27NO2. The number of hydrogen-bond acceptors (Lipinski definition) is 3. The Bertz CT molecular complexity index is 247. The third kappa shape index (κ3) is 3.01. The zero-order valence-electron chi connectivity index (χ0n) is 11.3. The molecule has 0 bridgehead atoms. The van der Waals surface area contributed by atoms with Crippen molar-refractivity contribution in [2.75, 3.05) is 19.7 Å². The highest BCUT2D eigenvalue weighted by atomic mass is 16.5. The van der Waals surface area contributed by atoms with Gasteiger partial charge in [0.2, 0.25) is 0 Å². The Morgan fingerprint density at radius 2 is 2.12 bits per heavy atom. The SMILES string of the molecule is CCNCC(C)(O)C1CCOC2(CCCC2)C1. The highest BCUT2D eigenvalue weighted by molar-refractivity contribution is 4.96. The molecule has 3 nitrogen and oxygen atoms in total. The number of likely N-dealkylation sites (N-methyl/N-ethyl adjacent to an activating group) is 1. The van der Waals surface area contributed by atoms with Crippen LogP contribution in [0.2, 0.25) is 0 Å². The Balaban J connectivity index is 1.96. The topological polar surface area (TPSA) is 41.5 Å². The van der Waals surface area contributed by atoms with Crippen LogP contribution < -0.4 is 5.32 Å². The highest BCUT2D eigenvalue weighted by Gasteiger charge is 2.44. The minimum atomic E-state index is -0.588. The number of nitrogens with one attached hydrogen (secondary N) is 1. The minimum Gasteiger partial charge on any atom is -0.389 e. The van der Waals surface area contributed by atoms with Crippen LogP contribution in [0, 0.1) is 5.92 Å². The summed E-state index contributed by atoms with van der Waals surface area (Å²) in [5.41, 5.74) is -0.478. The van der Waals surface area contributed by atoms with Crippen molar-refractivity contribution in [2.45, 2.75) is 63.6 Å². The van der Waals surface area contributed by atoms with Crippen LogP contribution in [0.25, 0.3) is 0 Å². The monoisotopic (exact) mass is 241 g/mol. The van der Waals surface area contributed by atoms with E-state index in [1.807, 2.05) is 6.92 Å². The van der Waals surface area contributed by atoms with E-state index in [9.17, 15) is 5.11 Å². The van der Waals surface area contributed by atoms with Gasteiger partial charge in [0.1, 0.15) is 0 Å². The number of hydrogen-bond donors (Lipinski definition) is 2. The minimum absolute atomic E-state index is 0.110. The molecular weight excluding hydrogens is 214 g/mol. The summed E-state index contributed by atoms with van der Waals surface area (Å²) in [7, 11) is 0. The van der Waals surface area contributed by atoms with Crippen molar-refractivity contribution in [2.24, 2.45) is 5.92 Å². The molecule has 2 rings (SSSR count). The molecule has 1 aliphatic carbocycles. The summed E-state index contributed by atoms with van der Waals surface area (Å²) >= 11 is 0. The normalized spacial score (nSPS) is 31.6. The summed E-state index contributed by atoms with van der Waals surface area (Å²) in [4.78, 5) is 0. The lowest BCUT2D eigenvalue weighted by Gasteiger charge is -2.44. The highest BCUT2D eigenvalue weighted by Crippen LogP contribution is 2.44. The molecule has 0 aromatic carbocycles. The van der Waals surface area contributed by atoms with Gasteiger partial charge in [0, 0.05) is 13.2 Å². The largest absolute Gasteiger partial charge is 0.389 e. The van der Waals surface area contributed by atoms with Gasteiger partial charge >= 0.3 is 0 Å². The van der Waals surface area contributed by atoms with Crippen LogP contribution in [0.1, 0.15) is 52.4 Å². The van der Waals surface area contributed by atoms with Crippen LogP contribution in [0.5, 0.6) is 0 Å². The molecule has 2 fully saturated rings. The van der Waals surface area contributed by atoms with E-state index in [1.165, 1.54) is 25.7 Å². The van der Waals surface area contributed by atoms with Gasteiger partial charge in [0.15, 0.2) is 0 Å². The molecule has 17 heavy (non-hydrogen) atoms. The molecule has 1 heterocycles. The van der Waals surface area contributed by atoms with E-state index in [2.05, 4.69) is 12.2 Å². The van der Waals surface area contributed by atoms with Crippen LogP contribution in [-0.4, -0.2) is 36.0 Å². The molecule has 0 aromatic rings. The van der Waals surface area contributed by atoms with E-state index in [4.69, 9.17) is 4.74 Å². The van der Waals surface area contributed by atoms with Gasteiger partial charge in [0.05, 0.1) is 11.2 Å². The van der Waals surface area contributed by atoms with Gasteiger partial charge in [-0.05, 0) is 45.1 Å². The standard InChI is InChI=1S/C14H27NO2/c1-3-15-11-13(2,16)12-6-9-17-14(10-12)7-4-5-8-14/h12,15-16H,3-11H2,1-2H3. The summed E-state index contributed by atoms with van der Waals surface area (Å²) in [6.07, 6.45) is 7.03. The lowest BCUT2D eigenvalue weighted by molar-refractivity contribution is -0.134. The maximum Gasteiger partial charge on any atom is 0.0773 e. The average Bonchev–Trinajstić information content (AvgIpc) is 2.75. The molecule has 3 heteroatoms.